The Hall–Kier alpha value is -2.51. The molecule has 4 nitrogen and oxygen atoms in total. The van der Waals surface area contributed by atoms with E-state index in [4.69, 9.17) is 23.2 Å². The van der Waals surface area contributed by atoms with Crippen LogP contribution in [0.4, 0.5) is 13.2 Å². The third-order valence-electron chi connectivity index (χ3n) is 7.57. The number of aryl methyl sites for hydroxylation is 2. The number of nitrogens with zero attached hydrogens (tertiary/aromatic N) is 2. The Kier molecular flexibility index (Phi) is 6.95. The molecule has 1 fully saturated rings. The third kappa shape index (κ3) is 4.75. The van der Waals surface area contributed by atoms with Crippen LogP contribution in [0.2, 0.25) is 10.0 Å². The molecule has 3 aromatic rings. The molecule has 1 aromatic heterocycles. The summed E-state index contributed by atoms with van der Waals surface area (Å²) in [6.07, 6.45) is -3.03. The van der Waals surface area contributed by atoms with E-state index in [1.54, 1.807) is 42.5 Å². The molecule has 0 radical (unpaired) electrons. The van der Waals surface area contributed by atoms with Gasteiger partial charge in [0, 0.05) is 53.6 Å². The first-order chi connectivity index (χ1) is 16.7. The molecule has 2 aromatic carbocycles. The van der Waals surface area contributed by atoms with E-state index >= 15 is 0 Å². The summed E-state index contributed by atoms with van der Waals surface area (Å²) in [5, 5.41) is 1.31. The fourth-order valence-electron chi connectivity index (χ4n) is 4.83. The Morgan fingerprint density at radius 2 is 1.72 bits per heavy atom. The van der Waals surface area contributed by atoms with Crippen molar-refractivity contribution in [1.29, 1.82) is 0 Å². The topological polar surface area (TPSA) is 42.3 Å². The van der Waals surface area contributed by atoms with Crippen molar-refractivity contribution in [1.82, 2.24) is 9.47 Å². The number of alkyl halides is 3. The van der Waals surface area contributed by atoms with E-state index in [-0.39, 0.29) is 23.1 Å². The van der Waals surface area contributed by atoms with Crippen molar-refractivity contribution < 1.29 is 22.8 Å². The lowest BCUT2D eigenvalue weighted by atomic mass is 9.77. The van der Waals surface area contributed by atoms with Crippen molar-refractivity contribution >= 4 is 45.8 Å². The van der Waals surface area contributed by atoms with Crippen LogP contribution in [0.15, 0.2) is 30.3 Å². The predicted octanol–water partition coefficient (Wildman–Crippen LogP) is 7.23. The number of carbonyl (C=O) groups excluding carboxylic acids is 2. The standard InChI is InChI=1S/C27H27Cl2F3N2O2/c1-15-11-17(27(30,31)32)12-23-20(15)13-18(33(23)4)14-21-22(28)6-5-19(24(21)29)25(36)34-9-7-26(3,8-10-34)16(2)35/h5-6,11-13H,7-10,14H2,1-4H3. The summed E-state index contributed by atoms with van der Waals surface area (Å²) in [5.41, 5.74) is 1.42. The van der Waals surface area contributed by atoms with Crippen LogP contribution < -0.4 is 0 Å². The fraction of sp³-hybridized carbons (Fsp3) is 0.407. The molecule has 4 rings (SSSR count). The Balaban J connectivity index is 1.66. The van der Waals surface area contributed by atoms with Gasteiger partial charge in [0.25, 0.3) is 5.91 Å². The molecule has 1 aliphatic heterocycles. The number of Topliss-reactive ketones (excluding diaryl/α,β-unsaturated/α-hetero) is 1. The van der Waals surface area contributed by atoms with Crippen molar-refractivity contribution in [3.8, 4) is 0 Å². The van der Waals surface area contributed by atoms with Crippen LogP contribution in [0.5, 0.6) is 0 Å². The van der Waals surface area contributed by atoms with Gasteiger partial charge in [0.05, 0.1) is 16.1 Å². The predicted molar refractivity (Wildman–Crippen MR) is 136 cm³/mol. The van der Waals surface area contributed by atoms with Crippen LogP contribution in [-0.4, -0.2) is 34.2 Å². The summed E-state index contributed by atoms with van der Waals surface area (Å²) in [6, 6.07) is 7.33. The third-order valence-corrected chi connectivity index (χ3v) is 8.36. The van der Waals surface area contributed by atoms with Gasteiger partial charge in [-0.05, 0) is 68.1 Å². The first kappa shape index (κ1) is 26.6. The van der Waals surface area contributed by atoms with Crippen LogP contribution in [0.1, 0.15) is 59.4 Å². The molecule has 1 saturated heterocycles. The Morgan fingerprint density at radius 3 is 2.31 bits per heavy atom. The molecular weight excluding hydrogens is 512 g/mol. The number of hydrogen-bond donors (Lipinski definition) is 0. The molecule has 0 N–H and O–H groups in total. The molecule has 192 valence electrons. The van der Waals surface area contributed by atoms with E-state index in [9.17, 15) is 22.8 Å². The van der Waals surface area contributed by atoms with Gasteiger partial charge in [0.15, 0.2) is 0 Å². The number of fused-ring (bicyclic) bond motifs is 1. The molecule has 1 amide bonds. The van der Waals surface area contributed by atoms with Gasteiger partial charge in [-0.1, -0.05) is 30.1 Å². The molecule has 0 spiro atoms. The van der Waals surface area contributed by atoms with Gasteiger partial charge in [0.1, 0.15) is 5.78 Å². The average molecular weight is 539 g/mol. The van der Waals surface area contributed by atoms with Gasteiger partial charge >= 0.3 is 6.18 Å². The molecule has 0 aliphatic carbocycles. The minimum Gasteiger partial charge on any atom is -0.347 e. The number of piperidine rings is 1. The van der Waals surface area contributed by atoms with Gasteiger partial charge in [-0.2, -0.15) is 13.2 Å². The van der Waals surface area contributed by atoms with E-state index in [2.05, 4.69) is 0 Å². The quantitative estimate of drug-likeness (QED) is 0.351. The first-order valence-electron chi connectivity index (χ1n) is 11.7. The zero-order valence-corrected chi connectivity index (χ0v) is 22.0. The molecular formula is C27H27Cl2F3N2O2. The normalized spacial score (nSPS) is 16.0. The van der Waals surface area contributed by atoms with E-state index in [0.717, 1.165) is 17.8 Å². The minimum atomic E-state index is -4.44. The summed E-state index contributed by atoms with van der Waals surface area (Å²) in [4.78, 5) is 27.0. The lowest BCUT2D eigenvalue weighted by Crippen LogP contribution is -2.44. The second-order valence-electron chi connectivity index (χ2n) is 9.89. The van der Waals surface area contributed by atoms with Crippen molar-refractivity contribution in [2.24, 2.45) is 12.5 Å². The maximum atomic E-state index is 13.3. The van der Waals surface area contributed by atoms with Crippen molar-refractivity contribution in [3.05, 3.63) is 68.3 Å². The Bertz CT molecular complexity index is 1370. The van der Waals surface area contributed by atoms with E-state index in [0.29, 0.717) is 58.5 Å². The number of carbonyl (C=O) groups is 2. The second kappa shape index (κ2) is 9.42. The maximum Gasteiger partial charge on any atom is 0.416 e. The first-order valence-corrected chi connectivity index (χ1v) is 12.4. The summed E-state index contributed by atoms with van der Waals surface area (Å²) < 4.78 is 41.7. The zero-order valence-electron chi connectivity index (χ0n) is 20.5. The highest BCUT2D eigenvalue weighted by Crippen LogP contribution is 2.37. The van der Waals surface area contributed by atoms with Crippen LogP contribution in [0.3, 0.4) is 0 Å². The number of likely N-dealkylation sites (tertiary alicyclic amines) is 1. The lowest BCUT2D eigenvalue weighted by Gasteiger charge is -2.37. The molecule has 0 bridgehead atoms. The van der Waals surface area contributed by atoms with E-state index < -0.39 is 17.2 Å². The molecule has 0 atom stereocenters. The largest absolute Gasteiger partial charge is 0.416 e. The number of rotatable bonds is 4. The van der Waals surface area contributed by atoms with Crippen molar-refractivity contribution in [2.45, 2.75) is 46.2 Å². The van der Waals surface area contributed by atoms with E-state index in [1.807, 2.05) is 13.0 Å². The second-order valence-corrected chi connectivity index (χ2v) is 10.7. The zero-order chi connectivity index (χ0) is 26.6. The number of hydrogen-bond acceptors (Lipinski definition) is 2. The molecule has 9 heteroatoms. The molecule has 1 aliphatic rings. The highest BCUT2D eigenvalue weighted by Gasteiger charge is 2.36. The molecule has 0 saturated carbocycles. The Morgan fingerprint density at radius 1 is 1.08 bits per heavy atom. The van der Waals surface area contributed by atoms with Gasteiger partial charge in [-0.15, -0.1) is 0 Å². The fourth-order valence-corrected chi connectivity index (χ4v) is 5.41. The van der Waals surface area contributed by atoms with Crippen LogP contribution >= 0.6 is 23.2 Å². The number of amides is 1. The summed E-state index contributed by atoms with van der Waals surface area (Å²) >= 11 is 13.2. The van der Waals surface area contributed by atoms with Crippen LogP contribution in [0, 0.1) is 12.3 Å². The van der Waals surface area contributed by atoms with Crippen molar-refractivity contribution in [2.75, 3.05) is 13.1 Å². The van der Waals surface area contributed by atoms with Gasteiger partial charge in [-0.3, -0.25) is 9.59 Å². The summed E-state index contributed by atoms with van der Waals surface area (Å²) in [5.74, 6) is -0.111. The SMILES string of the molecule is CC(=O)C1(C)CCN(C(=O)c2ccc(Cl)c(Cc3cc4c(C)cc(C(F)(F)F)cc4n3C)c2Cl)CC1. The highest BCUT2D eigenvalue weighted by molar-refractivity contribution is 6.38. The van der Waals surface area contributed by atoms with Crippen LogP contribution in [-0.2, 0) is 24.4 Å². The Labute approximate surface area is 218 Å². The highest BCUT2D eigenvalue weighted by atomic mass is 35.5. The number of halogens is 5. The lowest BCUT2D eigenvalue weighted by molar-refractivity contribution is -0.137. The number of aromatic nitrogens is 1. The monoisotopic (exact) mass is 538 g/mol. The number of ketones is 1. The summed E-state index contributed by atoms with van der Waals surface area (Å²) in [6.45, 7) is 6.06. The molecule has 36 heavy (non-hydrogen) atoms. The minimum absolute atomic E-state index is 0.119. The summed E-state index contributed by atoms with van der Waals surface area (Å²) in [7, 11) is 1.70. The smallest absolute Gasteiger partial charge is 0.347 e. The van der Waals surface area contributed by atoms with Crippen molar-refractivity contribution in [3.63, 3.8) is 0 Å². The molecule has 0 unspecified atom stereocenters. The van der Waals surface area contributed by atoms with Gasteiger partial charge in [-0.25, -0.2) is 0 Å². The average Bonchev–Trinajstić information content (AvgIpc) is 3.12. The van der Waals surface area contributed by atoms with E-state index in [1.165, 1.54) is 0 Å². The van der Waals surface area contributed by atoms with Gasteiger partial charge in [0.2, 0.25) is 0 Å². The van der Waals surface area contributed by atoms with Crippen LogP contribution in [0.25, 0.3) is 10.9 Å². The number of benzene rings is 2. The molecule has 2 heterocycles. The van der Waals surface area contributed by atoms with Gasteiger partial charge < -0.3 is 9.47 Å². The maximum absolute atomic E-state index is 13.3.